The molecule has 0 saturated carbocycles. The van der Waals surface area contributed by atoms with E-state index < -0.39 is 24.0 Å². The number of aromatic nitrogens is 1. The normalized spacial score (nSPS) is 11.2. The van der Waals surface area contributed by atoms with Crippen molar-refractivity contribution in [2.24, 2.45) is 0 Å². The molecular formula is C26H22N4O5. The first kappa shape index (κ1) is 23.2. The van der Waals surface area contributed by atoms with Crippen LogP contribution in [-0.4, -0.2) is 23.1 Å². The molecular weight excluding hydrogens is 448 g/mol. The molecule has 0 spiro atoms. The molecule has 9 nitrogen and oxygen atoms in total. The van der Waals surface area contributed by atoms with E-state index >= 15 is 0 Å². The predicted molar refractivity (Wildman–Crippen MR) is 130 cm³/mol. The maximum Gasteiger partial charge on any atom is 0.339 e. The van der Waals surface area contributed by atoms with Crippen molar-refractivity contribution in [1.82, 2.24) is 5.16 Å². The van der Waals surface area contributed by atoms with Crippen LogP contribution in [0.25, 0.3) is 0 Å². The van der Waals surface area contributed by atoms with E-state index in [1.807, 2.05) is 18.2 Å². The van der Waals surface area contributed by atoms with Crippen LogP contribution in [0.4, 0.5) is 22.0 Å². The van der Waals surface area contributed by atoms with E-state index in [0.29, 0.717) is 22.7 Å². The molecule has 35 heavy (non-hydrogen) atoms. The number of hydrogen-bond acceptors (Lipinski definition) is 6. The lowest BCUT2D eigenvalue weighted by Crippen LogP contribution is -2.26. The number of para-hydroxylation sites is 1. The maximum absolute atomic E-state index is 12.9. The van der Waals surface area contributed by atoms with Gasteiger partial charge in [-0.15, -0.1) is 0 Å². The van der Waals surface area contributed by atoms with Gasteiger partial charge in [0.1, 0.15) is 5.76 Å². The van der Waals surface area contributed by atoms with Crippen LogP contribution in [0.3, 0.4) is 0 Å². The van der Waals surface area contributed by atoms with Crippen LogP contribution in [0.1, 0.15) is 27.8 Å². The van der Waals surface area contributed by atoms with Crippen LogP contribution in [0.15, 0.2) is 95.5 Å². The number of ether oxygens (including phenoxy) is 1. The van der Waals surface area contributed by atoms with Crippen molar-refractivity contribution in [2.75, 3.05) is 16.0 Å². The molecule has 3 amide bonds. The van der Waals surface area contributed by atoms with E-state index in [1.54, 1.807) is 67.6 Å². The van der Waals surface area contributed by atoms with Gasteiger partial charge in [0.15, 0.2) is 5.82 Å². The Morgan fingerprint density at radius 2 is 1.40 bits per heavy atom. The van der Waals surface area contributed by atoms with E-state index in [4.69, 9.17) is 9.26 Å². The van der Waals surface area contributed by atoms with Gasteiger partial charge < -0.3 is 25.2 Å². The van der Waals surface area contributed by atoms with Gasteiger partial charge in [0.2, 0.25) is 6.10 Å². The number of benzene rings is 3. The second-order valence-electron chi connectivity index (χ2n) is 7.53. The van der Waals surface area contributed by atoms with Gasteiger partial charge in [-0.3, -0.25) is 4.79 Å². The summed E-state index contributed by atoms with van der Waals surface area (Å²) in [5.74, 6) is -0.535. The Balaban J connectivity index is 1.42. The first-order valence-electron chi connectivity index (χ1n) is 10.7. The molecule has 3 aromatic carbocycles. The highest BCUT2D eigenvalue weighted by atomic mass is 16.5. The number of anilines is 3. The topological polar surface area (TPSA) is 123 Å². The molecule has 3 N–H and O–H groups in total. The molecule has 0 aliphatic rings. The van der Waals surface area contributed by atoms with Crippen LogP contribution in [-0.2, 0) is 9.53 Å². The number of esters is 1. The van der Waals surface area contributed by atoms with E-state index in [-0.39, 0.29) is 11.4 Å². The molecule has 1 heterocycles. The maximum atomic E-state index is 12.9. The largest absolute Gasteiger partial charge is 0.444 e. The summed E-state index contributed by atoms with van der Waals surface area (Å²) in [7, 11) is 0. The predicted octanol–water partition coefficient (Wildman–Crippen LogP) is 5.16. The number of urea groups is 1. The number of hydrogen-bond donors (Lipinski definition) is 3. The molecule has 0 saturated heterocycles. The van der Waals surface area contributed by atoms with Gasteiger partial charge in [0.05, 0.1) is 5.56 Å². The lowest BCUT2D eigenvalue weighted by Gasteiger charge is -2.17. The molecule has 1 unspecified atom stereocenters. The average molecular weight is 470 g/mol. The van der Waals surface area contributed by atoms with E-state index in [1.165, 1.54) is 12.1 Å². The number of carbonyl (C=O) groups is 3. The highest BCUT2D eigenvalue weighted by Crippen LogP contribution is 2.22. The van der Waals surface area contributed by atoms with Crippen molar-refractivity contribution >= 4 is 35.1 Å². The lowest BCUT2D eigenvalue weighted by molar-refractivity contribution is -0.125. The Kier molecular flexibility index (Phi) is 7.17. The first-order chi connectivity index (χ1) is 17.0. The lowest BCUT2D eigenvalue weighted by atomic mass is 10.1. The van der Waals surface area contributed by atoms with Crippen LogP contribution in [0.2, 0.25) is 0 Å². The van der Waals surface area contributed by atoms with Gasteiger partial charge in [-0.1, -0.05) is 53.7 Å². The average Bonchev–Trinajstić information content (AvgIpc) is 3.28. The minimum atomic E-state index is -1.21. The summed E-state index contributed by atoms with van der Waals surface area (Å²) >= 11 is 0. The zero-order valence-electron chi connectivity index (χ0n) is 18.7. The fraction of sp³-hybridized carbons (Fsp3) is 0.0769. The van der Waals surface area contributed by atoms with Crippen molar-refractivity contribution in [3.8, 4) is 0 Å². The second-order valence-corrected chi connectivity index (χ2v) is 7.53. The summed E-state index contributed by atoms with van der Waals surface area (Å²) < 4.78 is 10.5. The Morgan fingerprint density at radius 3 is 2.00 bits per heavy atom. The highest BCUT2D eigenvalue weighted by Gasteiger charge is 2.26. The smallest absolute Gasteiger partial charge is 0.339 e. The van der Waals surface area contributed by atoms with Crippen LogP contribution in [0.5, 0.6) is 0 Å². The number of aryl methyl sites for hydroxylation is 1. The van der Waals surface area contributed by atoms with Crippen LogP contribution < -0.4 is 16.0 Å². The fourth-order valence-corrected chi connectivity index (χ4v) is 3.20. The van der Waals surface area contributed by atoms with E-state index in [2.05, 4.69) is 21.1 Å². The van der Waals surface area contributed by atoms with Crippen molar-refractivity contribution < 1.29 is 23.6 Å². The van der Waals surface area contributed by atoms with Crippen LogP contribution in [0, 0.1) is 6.92 Å². The Labute approximate surface area is 201 Å². The third-order valence-corrected chi connectivity index (χ3v) is 4.85. The zero-order chi connectivity index (χ0) is 24.6. The number of nitrogens with zero attached hydrogens (tertiary/aromatic N) is 1. The van der Waals surface area contributed by atoms with Gasteiger partial charge in [0.25, 0.3) is 5.91 Å². The minimum Gasteiger partial charge on any atom is -0.444 e. The van der Waals surface area contributed by atoms with Gasteiger partial charge in [0, 0.05) is 23.0 Å². The SMILES string of the molecule is Cc1cc(NC(=O)C(OC(=O)c2ccc(NC(=O)Nc3ccccc3)cc2)c2ccccc2)no1. The molecule has 1 aromatic heterocycles. The molecule has 9 heteroatoms. The molecule has 176 valence electrons. The molecule has 0 aliphatic carbocycles. The summed E-state index contributed by atoms with van der Waals surface area (Å²) in [5, 5.41) is 11.7. The summed E-state index contributed by atoms with van der Waals surface area (Å²) in [6.45, 7) is 1.70. The minimum absolute atomic E-state index is 0.213. The number of nitrogens with one attached hydrogen (secondary N) is 3. The van der Waals surface area contributed by atoms with E-state index in [0.717, 1.165) is 0 Å². The third-order valence-electron chi connectivity index (χ3n) is 4.85. The number of amides is 3. The van der Waals surface area contributed by atoms with Crippen molar-refractivity contribution in [1.29, 1.82) is 0 Å². The van der Waals surface area contributed by atoms with Crippen molar-refractivity contribution in [3.05, 3.63) is 108 Å². The van der Waals surface area contributed by atoms with Gasteiger partial charge in [-0.2, -0.15) is 0 Å². The van der Waals surface area contributed by atoms with Crippen molar-refractivity contribution in [3.63, 3.8) is 0 Å². The molecule has 4 aromatic rings. The number of rotatable bonds is 7. The quantitative estimate of drug-likeness (QED) is 0.321. The molecule has 0 aliphatic heterocycles. The summed E-state index contributed by atoms with van der Waals surface area (Å²) in [4.78, 5) is 37.9. The second kappa shape index (κ2) is 10.8. The molecule has 0 fully saturated rings. The summed E-state index contributed by atoms with van der Waals surface area (Å²) in [6.07, 6.45) is -1.21. The summed E-state index contributed by atoms with van der Waals surface area (Å²) in [5.41, 5.74) is 1.84. The highest BCUT2D eigenvalue weighted by molar-refractivity contribution is 6.00. The molecule has 4 rings (SSSR count). The monoisotopic (exact) mass is 470 g/mol. The summed E-state index contributed by atoms with van der Waals surface area (Å²) in [6, 6.07) is 24.9. The van der Waals surface area contributed by atoms with E-state index in [9.17, 15) is 14.4 Å². The Bertz CT molecular complexity index is 1300. The fourth-order valence-electron chi connectivity index (χ4n) is 3.20. The Morgan fingerprint density at radius 1 is 0.800 bits per heavy atom. The van der Waals surface area contributed by atoms with Gasteiger partial charge in [-0.05, 0) is 43.3 Å². The van der Waals surface area contributed by atoms with Crippen molar-refractivity contribution in [2.45, 2.75) is 13.0 Å². The molecule has 0 bridgehead atoms. The van der Waals surface area contributed by atoms with Gasteiger partial charge in [-0.25, -0.2) is 9.59 Å². The molecule has 0 radical (unpaired) electrons. The van der Waals surface area contributed by atoms with Gasteiger partial charge >= 0.3 is 12.0 Å². The Hall–Kier alpha value is -4.92. The van der Waals surface area contributed by atoms with Crippen LogP contribution >= 0.6 is 0 Å². The third kappa shape index (κ3) is 6.32. The standard InChI is InChI=1S/C26H22N4O5/c1-17-16-22(30-35-17)29-24(31)23(18-8-4-2-5-9-18)34-25(32)19-12-14-21(15-13-19)28-26(33)27-20-10-6-3-7-11-20/h2-16,23H,1H3,(H2,27,28,33)(H,29,30,31). The number of carbonyl (C=O) groups excluding carboxylic acids is 3. The first-order valence-corrected chi connectivity index (χ1v) is 10.7. The zero-order valence-corrected chi connectivity index (χ0v) is 18.7. The molecule has 1 atom stereocenters.